The first-order valence-electron chi connectivity index (χ1n) is 11.4. The SMILES string of the molecule is CN1CC(c2ccccc2)C2(SC(=S)N(Cc3ccccc3)C2=O)C12C(=O)Nc1ccc(Br)cc12. The third-order valence-electron chi connectivity index (χ3n) is 7.42. The van der Waals surface area contributed by atoms with E-state index < -0.39 is 10.3 Å². The first kappa shape index (κ1) is 22.9. The van der Waals surface area contributed by atoms with Crippen molar-refractivity contribution in [1.82, 2.24) is 9.80 Å². The van der Waals surface area contributed by atoms with Crippen LogP contribution in [0.1, 0.15) is 22.6 Å². The van der Waals surface area contributed by atoms with E-state index in [4.69, 9.17) is 12.2 Å². The van der Waals surface area contributed by atoms with E-state index >= 15 is 0 Å². The van der Waals surface area contributed by atoms with Crippen LogP contribution >= 0.6 is 39.9 Å². The lowest BCUT2D eigenvalue weighted by atomic mass is 9.72. The summed E-state index contributed by atoms with van der Waals surface area (Å²) in [5.74, 6) is -0.533. The van der Waals surface area contributed by atoms with Crippen LogP contribution in [0.3, 0.4) is 0 Å². The maximum atomic E-state index is 14.7. The predicted octanol–water partition coefficient (Wildman–Crippen LogP) is 5.13. The summed E-state index contributed by atoms with van der Waals surface area (Å²) in [6.45, 7) is 0.922. The van der Waals surface area contributed by atoms with Gasteiger partial charge in [-0.1, -0.05) is 101 Å². The Bertz CT molecular complexity index is 1370. The lowest BCUT2D eigenvalue weighted by Crippen LogP contribution is -2.61. The molecule has 1 N–H and O–H groups in total. The molecule has 3 aliphatic rings. The summed E-state index contributed by atoms with van der Waals surface area (Å²) in [4.78, 5) is 32.5. The number of fused-ring (bicyclic) bond motifs is 3. The van der Waals surface area contributed by atoms with Crippen molar-refractivity contribution in [3.05, 3.63) is 100 Å². The lowest BCUT2D eigenvalue weighted by molar-refractivity contribution is -0.138. The van der Waals surface area contributed by atoms with Crippen LogP contribution < -0.4 is 5.32 Å². The third-order valence-corrected chi connectivity index (χ3v) is 9.86. The van der Waals surface area contributed by atoms with Crippen molar-refractivity contribution in [2.24, 2.45) is 0 Å². The molecule has 176 valence electrons. The smallest absolute Gasteiger partial charge is 0.251 e. The van der Waals surface area contributed by atoms with Crippen molar-refractivity contribution in [2.75, 3.05) is 18.9 Å². The van der Waals surface area contributed by atoms with Crippen LogP contribution in [0.5, 0.6) is 0 Å². The highest BCUT2D eigenvalue weighted by molar-refractivity contribution is 9.10. The van der Waals surface area contributed by atoms with E-state index in [1.54, 1.807) is 4.90 Å². The number of rotatable bonds is 3. The summed E-state index contributed by atoms with van der Waals surface area (Å²) < 4.78 is 0.217. The minimum absolute atomic E-state index is 0.113. The first-order valence-corrected chi connectivity index (χ1v) is 13.4. The standard InChI is InChI=1S/C27H22BrN3O2S2/c1-30-16-21(18-10-6-3-7-11-18)27(26(30)20-14-19(28)12-13-22(20)29-23(26)32)24(33)31(25(34)35-27)15-17-8-4-2-5-9-17/h2-14,21H,15-16H2,1H3,(H,29,32). The molecule has 35 heavy (non-hydrogen) atoms. The van der Waals surface area contributed by atoms with E-state index in [1.165, 1.54) is 11.8 Å². The number of nitrogens with one attached hydrogen (secondary N) is 1. The van der Waals surface area contributed by atoms with Gasteiger partial charge in [-0.2, -0.15) is 0 Å². The van der Waals surface area contributed by atoms with Gasteiger partial charge in [0.2, 0.25) is 5.91 Å². The number of anilines is 1. The van der Waals surface area contributed by atoms with E-state index in [0.29, 0.717) is 17.4 Å². The molecule has 3 unspecified atom stereocenters. The number of benzene rings is 3. The molecule has 0 saturated carbocycles. The molecule has 2 fully saturated rings. The van der Waals surface area contributed by atoms with Gasteiger partial charge >= 0.3 is 0 Å². The second-order valence-corrected chi connectivity index (χ2v) is 12.0. The number of thiocarbonyl (C=S) groups is 1. The summed E-state index contributed by atoms with van der Waals surface area (Å²) in [5.41, 5.74) is 2.36. The maximum Gasteiger partial charge on any atom is 0.251 e. The minimum atomic E-state index is -1.20. The number of carbonyl (C=O) groups excluding carboxylic acids is 2. The highest BCUT2D eigenvalue weighted by atomic mass is 79.9. The van der Waals surface area contributed by atoms with Gasteiger partial charge in [-0.05, 0) is 36.4 Å². The monoisotopic (exact) mass is 563 g/mol. The number of amides is 2. The lowest BCUT2D eigenvalue weighted by Gasteiger charge is -2.41. The quantitative estimate of drug-likeness (QED) is 0.448. The van der Waals surface area contributed by atoms with Gasteiger partial charge in [0, 0.05) is 28.2 Å². The zero-order valence-electron chi connectivity index (χ0n) is 18.9. The molecule has 2 spiro atoms. The average Bonchev–Trinajstić information content (AvgIpc) is 3.40. The molecule has 2 amide bonds. The number of nitrogens with zero attached hydrogens (tertiary/aromatic N) is 2. The molecule has 3 aromatic carbocycles. The third kappa shape index (κ3) is 3.06. The molecular formula is C27H22BrN3O2S2. The molecule has 3 aromatic rings. The molecule has 5 nitrogen and oxygen atoms in total. The topological polar surface area (TPSA) is 52.7 Å². The molecule has 0 bridgehead atoms. The van der Waals surface area contributed by atoms with E-state index in [0.717, 1.165) is 26.9 Å². The average molecular weight is 565 g/mol. The van der Waals surface area contributed by atoms with Crippen molar-refractivity contribution >= 4 is 61.7 Å². The number of hydrogen-bond acceptors (Lipinski definition) is 5. The van der Waals surface area contributed by atoms with Crippen LogP contribution in [-0.2, 0) is 21.7 Å². The summed E-state index contributed by atoms with van der Waals surface area (Å²) in [6.07, 6.45) is 0. The van der Waals surface area contributed by atoms with Gasteiger partial charge < -0.3 is 5.32 Å². The Hall–Kier alpha value is -2.52. The van der Waals surface area contributed by atoms with E-state index in [-0.39, 0.29) is 17.7 Å². The summed E-state index contributed by atoms with van der Waals surface area (Å²) in [6, 6.07) is 25.6. The fourth-order valence-corrected chi connectivity index (χ4v) is 8.47. The van der Waals surface area contributed by atoms with E-state index in [1.807, 2.05) is 85.9 Å². The van der Waals surface area contributed by atoms with Crippen LogP contribution in [0.2, 0.25) is 0 Å². The molecule has 0 radical (unpaired) electrons. The Morgan fingerprint density at radius 3 is 2.46 bits per heavy atom. The van der Waals surface area contributed by atoms with Crippen molar-refractivity contribution in [2.45, 2.75) is 22.7 Å². The fraction of sp³-hybridized carbons (Fsp3) is 0.222. The predicted molar refractivity (Wildman–Crippen MR) is 146 cm³/mol. The summed E-state index contributed by atoms with van der Waals surface area (Å²) in [5, 5.41) is 3.08. The number of carbonyl (C=O) groups is 2. The molecule has 3 heterocycles. The Morgan fingerprint density at radius 1 is 1.06 bits per heavy atom. The Labute approximate surface area is 222 Å². The molecule has 8 heteroatoms. The van der Waals surface area contributed by atoms with Crippen molar-refractivity contribution in [1.29, 1.82) is 0 Å². The Balaban J connectivity index is 1.59. The molecule has 6 rings (SSSR count). The number of halogens is 1. The van der Waals surface area contributed by atoms with Crippen LogP contribution in [0.15, 0.2) is 83.3 Å². The Kier molecular flexibility index (Phi) is 5.41. The largest absolute Gasteiger partial charge is 0.324 e. The minimum Gasteiger partial charge on any atom is -0.324 e. The zero-order chi connectivity index (χ0) is 24.4. The fourth-order valence-electron chi connectivity index (χ4n) is 5.98. The highest BCUT2D eigenvalue weighted by Gasteiger charge is 2.77. The van der Waals surface area contributed by atoms with Gasteiger partial charge in [0.25, 0.3) is 5.91 Å². The molecular weight excluding hydrogens is 542 g/mol. The number of likely N-dealkylation sites (tertiary alicyclic amines) is 1. The second-order valence-electron chi connectivity index (χ2n) is 9.18. The number of hydrogen-bond donors (Lipinski definition) is 1. The van der Waals surface area contributed by atoms with Gasteiger partial charge in [0.15, 0.2) is 5.54 Å². The van der Waals surface area contributed by atoms with Crippen molar-refractivity contribution in [3.63, 3.8) is 0 Å². The summed E-state index contributed by atoms with van der Waals surface area (Å²) >= 11 is 10.8. The van der Waals surface area contributed by atoms with Gasteiger partial charge in [-0.3, -0.25) is 19.4 Å². The number of likely N-dealkylation sites (N-methyl/N-ethyl adjacent to an activating group) is 1. The first-order chi connectivity index (χ1) is 16.9. The Morgan fingerprint density at radius 2 is 1.74 bits per heavy atom. The van der Waals surface area contributed by atoms with Crippen LogP contribution in [0, 0.1) is 0 Å². The van der Waals surface area contributed by atoms with Gasteiger partial charge in [0.05, 0.1) is 6.54 Å². The number of thioether (sulfide) groups is 1. The van der Waals surface area contributed by atoms with Crippen LogP contribution in [-0.4, -0.2) is 44.3 Å². The van der Waals surface area contributed by atoms with Gasteiger partial charge in [-0.25, -0.2) is 0 Å². The summed E-state index contributed by atoms with van der Waals surface area (Å²) in [7, 11) is 1.94. The normalized spacial score (nSPS) is 27.8. The van der Waals surface area contributed by atoms with Gasteiger partial charge in [-0.15, -0.1) is 0 Å². The highest BCUT2D eigenvalue weighted by Crippen LogP contribution is 2.66. The van der Waals surface area contributed by atoms with E-state index in [2.05, 4.69) is 26.1 Å². The molecule has 3 aliphatic heterocycles. The molecule has 2 saturated heterocycles. The van der Waals surface area contributed by atoms with Gasteiger partial charge in [0.1, 0.15) is 9.07 Å². The van der Waals surface area contributed by atoms with Crippen LogP contribution in [0.4, 0.5) is 5.69 Å². The second kappa shape index (κ2) is 8.27. The molecule has 0 aromatic heterocycles. The van der Waals surface area contributed by atoms with Crippen molar-refractivity contribution < 1.29 is 9.59 Å². The van der Waals surface area contributed by atoms with Crippen LogP contribution in [0.25, 0.3) is 0 Å². The van der Waals surface area contributed by atoms with E-state index in [9.17, 15) is 9.59 Å². The van der Waals surface area contributed by atoms with Crippen molar-refractivity contribution in [3.8, 4) is 0 Å². The maximum absolute atomic E-state index is 14.7. The molecule has 0 aliphatic carbocycles. The molecule has 3 atom stereocenters. The zero-order valence-corrected chi connectivity index (χ0v) is 22.1.